The van der Waals surface area contributed by atoms with Crippen molar-refractivity contribution in [1.82, 2.24) is 9.97 Å². The summed E-state index contributed by atoms with van der Waals surface area (Å²) < 4.78 is 4.94. The van der Waals surface area contributed by atoms with Crippen molar-refractivity contribution in [1.29, 1.82) is 0 Å². The zero-order valence-electron chi connectivity index (χ0n) is 7.06. The van der Waals surface area contributed by atoms with E-state index in [1.165, 1.54) is 6.20 Å². The third-order valence-electron chi connectivity index (χ3n) is 1.71. The SMILES string of the molecule is COc1ccc2ncc(O)cc2n1. The van der Waals surface area contributed by atoms with Crippen LogP contribution in [0.4, 0.5) is 0 Å². The first-order valence-electron chi connectivity index (χ1n) is 3.79. The molecule has 0 aromatic carbocycles. The highest BCUT2D eigenvalue weighted by Crippen LogP contribution is 2.17. The van der Waals surface area contributed by atoms with Crippen LogP contribution in [0.25, 0.3) is 11.0 Å². The van der Waals surface area contributed by atoms with Gasteiger partial charge in [-0.1, -0.05) is 0 Å². The minimum Gasteiger partial charge on any atom is -0.506 e. The lowest BCUT2D eigenvalue weighted by atomic mass is 10.3. The number of aromatic hydroxyl groups is 1. The van der Waals surface area contributed by atoms with Crippen LogP contribution in [0.5, 0.6) is 11.6 Å². The van der Waals surface area contributed by atoms with Crippen molar-refractivity contribution in [2.24, 2.45) is 0 Å². The van der Waals surface area contributed by atoms with Crippen molar-refractivity contribution in [3.05, 3.63) is 24.4 Å². The molecule has 2 rings (SSSR count). The number of hydrogen-bond acceptors (Lipinski definition) is 4. The molecular weight excluding hydrogens is 168 g/mol. The van der Waals surface area contributed by atoms with Gasteiger partial charge in [0.15, 0.2) is 0 Å². The Balaban J connectivity index is 2.68. The van der Waals surface area contributed by atoms with Crippen LogP contribution in [0.2, 0.25) is 0 Å². The minimum absolute atomic E-state index is 0.105. The molecule has 0 aliphatic heterocycles. The second-order valence-electron chi connectivity index (χ2n) is 2.59. The molecule has 66 valence electrons. The molecule has 2 aromatic rings. The van der Waals surface area contributed by atoms with Crippen molar-refractivity contribution in [2.45, 2.75) is 0 Å². The standard InChI is InChI=1S/C9H8N2O2/c1-13-9-3-2-7-8(11-9)4-6(12)5-10-7/h2-5,12H,1H3. The summed E-state index contributed by atoms with van der Waals surface area (Å²) in [6.07, 6.45) is 1.39. The molecule has 0 saturated heterocycles. The Kier molecular flexibility index (Phi) is 1.73. The summed E-state index contributed by atoms with van der Waals surface area (Å²) >= 11 is 0. The van der Waals surface area contributed by atoms with Gasteiger partial charge in [0, 0.05) is 12.1 Å². The molecule has 2 aromatic heterocycles. The maximum absolute atomic E-state index is 9.15. The van der Waals surface area contributed by atoms with Crippen molar-refractivity contribution in [3.63, 3.8) is 0 Å². The Morgan fingerprint density at radius 2 is 2.15 bits per heavy atom. The first kappa shape index (κ1) is 7.79. The molecule has 0 atom stereocenters. The smallest absolute Gasteiger partial charge is 0.213 e. The summed E-state index contributed by atoms with van der Waals surface area (Å²) in [5.74, 6) is 0.619. The Hall–Kier alpha value is -1.84. The van der Waals surface area contributed by atoms with Gasteiger partial charge in [-0.15, -0.1) is 0 Å². The molecule has 0 unspecified atom stereocenters. The van der Waals surface area contributed by atoms with Gasteiger partial charge in [0.1, 0.15) is 5.75 Å². The Morgan fingerprint density at radius 3 is 2.92 bits per heavy atom. The first-order valence-corrected chi connectivity index (χ1v) is 3.79. The molecule has 4 nitrogen and oxygen atoms in total. The van der Waals surface area contributed by atoms with Crippen LogP contribution in [0.1, 0.15) is 0 Å². The van der Waals surface area contributed by atoms with Crippen molar-refractivity contribution >= 4 is 11.0 Å². The van der Waals surface area contributed by atoms with Crippen LogP contribution in [0.15, 0.2) is 24.4 Å². The average molecular weight is 176 g/mol. The Bertz CT molecular complexity index is 443. The summed E-state index contributed by atoms with van der Waals surface area (Å²) in [7, 11) is 1.55. The second-order valence-corrected chi connectivity index (χ2v) is 2.59. The fourth-order valence-electron chi connectivity index (χ4n) is 1.09. The normalized spacial score (nSPS) is 10.2. The predicted molar refractivity (Wildman–Crippen MR) is 47.8 cm³/mol. The fraction of sp³-hybridized carbons (Fsp3) is 0.111. The number of hydrogen-bond donors (Lipinski definition) is 1. The van der Waals surface area contributed by atoms with E-state index in [4.69, 9.17) is 9.84 Å². The lowest BCUT2D eigenvalue weighted by Gasteiger charge is -2.00. The molecule has 0 fully saturated rings. The van der Waals surface area contributed by atoms with Crippen LogP contribution in [-0.2, 0) is 0 Å². The van der Waals surface area contributed by atoms with E-state index < -0.39 is 0 Å². The summed E-state index contributed by atoms with van der Waals surface area (Å²) in [5.41, 5.74) is 1.36. The molecule has 2 heterocycles. The number of pyridine rings is 2. The summed E-state index contributed by atoms with van der Waals surface area (Å²) in [6, 6.07) is 5.07. The third-order valence-corrected chi connectivity index (χ3v) is 1.71. The van der Waals surface area contributed by atoms with Crippen molar-refractivity contribution in [2.75, 3.05) is 7.11 Å². The lowest BCUT2D eigenvalue weighted by Crippen LogP contribution is -1.88. The number of rotatable bonds is 1. The summed E-state index contributed by atoms with van der Waals surface area (Å²) in [6.45, 7) is 0. The van der Waals surface area contributed by atoms with E-state index in [2.05, 4.69) is 9.97 Å². The van der Waals surface area contributed by atoms with E-state index in [1.807, 2.05) is 0 Å². The van der Waals surface area contributed by atoms with Gasteiger partial charge in [-0.05, 0) is 6.07 Å². The van der Waals surface area contributed by atoms with Gasteiger partial charge in [-0.25, -0.2) is 4.98 Å². The molecule has 0 spiro atoms. The predicted octanol–water partition coefficient (Wildman–Crippen LogP) is 1.34. The van der Waals surface area contributed by atoms with Crippen LogP contribution in [-0.4, -0.2) is 22.2 Å². The van der Waals surface area contributed by atoms with Crippen LogP contribution in [0, 0.1) is 0 Å². The number of methoxy groups -OCH3 is 1. The highest BCUT2D eigenvalue weighted by atomic mass is 16.5. The van der Waals surface area contributed by atoms with E-state index in [0.717, 1.165) is 5.52 Å². The molecule has 0 amide bonds. The Labute approximate surface area is 74.8 Å². The van der Waals surface area contributed by atoms with E-state index in [0.29, 0.717) is 11.4 Å². The van der Waals surface area contributed by atoms with E-state index in [-0.39, 0.29) is 5.75 Å². The largest absolute Gasteiger partial charge is 0.506 e. The molecular formula is C9H8N2O2. The summed E-state index contributed by atoms with van der Waals surface area (Å²) in [4.78, 5) is 8.10. The monoisotopic (exact) mass is 176 g/mol. The highest BCUT2D eigenvalue weighted by molar-refractivity contribution is 5.75. The van der Waals surface area contributed by atoms with Crippen LogP contribution < -0.4 is 4.74 Å². The van der Waals surface area contributed by atoms with Crippen molar-refractivity contribution < 1.29 is 9.84 Å². The van der Waals surface area contributed by atoms with Crippen LogP contribution >= 0.6 is 0 Å². The van der Waals surface area contributed by atoms with Crippen LogP contribution in [0.3, 0.4) is 0 Å². The van der Waals surface area contributed by atoms with Gasteiger partial charge in [0.25, 0.3) is 0 Å². The molecule has 1 N–H and O–H groups in total. The van der Waals surface area contributed by atoms with Gasteiger partial charge < -0.3 is 9.84 Å². The van der Waals surface area contributed by atoms with E-state index >= 15 is 0 Å². The maximum atomic E-state index is 9.15. The second kappa shape index (κ2) is 2.90. The average Bonchev–Trinajstić information content (AvgIpc) is 2.16. The molecule has 13 heavy (non-hydrogen) atoms. The van der Waals surface area contributed by atoms with Gasteiger partial charge in [-0.3, -0.25) is 4.98 Å². The minimum atomic E-state index is 0.105. The summed E-state index contributed by atoms with van der Waals surface area (Å²) in [5, 5.41) is 9.15. The third kappa shape index (κ3) is 1.38. The zero-order valence-corrected chi connectivity index (χ0v) is 7.06. The molecule has 4 heteroatoms. The molecule has 0 bridgehead atoms. The van der Waals surface area contributed by atoms with Crippen molar-refractivity contribution in [3.8, 4) is 11.6 Å². The van der Waals surface area contributed by atoms with E-state index in [1.54, 1.807) is 25.3 Å². The number of aromatic nitrogens is 2. The molecule has 0 radical (unpaired) electrons. The molecule has 0 aliphatic carbocycles. The Morgan fingerprint density at radius 1 is 1.31 bits per heavy atom. The molecule has 0 aliphatic rings. The highest BCUT2D eigenvalue weighted by Gasteiger charge is 1.99. The quantitative estimate of drug-likeness (QED) is 0.712. The first-order chi connectivity index (χ1) is 6.29. The van der Waals surface area contributed by atoms with Gasteiger partial charge >= 0.3 is 0 Å². The number of nitrogens with zero attached hydrogens (tertiary/aromatic N) is 2. The number of fused-ring (bicyclic) bond motifs is 1. The molecule has 0 saturated carbocycles. The fourth-order valence-corrected chi connectivity index (χ4v) is 1.09. The maximum Gasteiger partial charge on any atom is 0.213 e. The zero-order chi connectivity index (χ0) is 9.26. The topological polar surface area (TPSA) is 55.2 Å². The van der Waals surface area contributed by atoms with E-state index in [9.17, 15) is 0 Å². The van der Waals surface area contributed by atoms with Gasteiger partial charge in [0.05, 0.1) is 24.3 Å². The number of ether oxygens (including phenoxy) is 1. The van der Waals surface area contributed by atoms with Gasteiger partial charge in [-0.2, -0.15) is 0 Å². The van der Waals surface area contributed by atoms with Gasteiger partial charge in [0.2, 0.25) is 5.88 Å². The lowest BCUT2D eigenvalue weighted by molar-refractivity contribution is 0.399.